The third-order valence-corrected chi connectivity index (χ3v) is 6.77. The Balaban J connectivity index is 1.53. The maximum Gasteiger partial charge on any atom is 0.496 e. The van der Waals surface area contributed by atoms with Crippen molar-refractivity contribution in [1.82, 2.24) is 14.8 Å². The van der Waals surface area contributed by atoms with Crippen LogP contribution in [0.15, 0.2) is 42.6 Å². The molecule has 0 aliphatic carbocycles. The Morgan fingerprint density at radius 3 is 2.43 bits per heavy atom. The lowest BCUT2D eigenvalue weighted by Gasteiger charge is -2.43. The SMILES string of the molecule is CC1(C)OB(c2cc3n(c2)CC2(c4ccccc4)NCCN2C3=O)OC1(C)C. The minimum Gasteiger partial charge on any atom is -0.399 e. The number of benzene rings is 1. The summed E-state index contributed by atoms with van der Waals surface area (Å²) in [6, 6.07) is 12.1. The van der Waals surface area contributed by atoms with Gasteiger partial charge < -0.3 is 18.8 Å². The molecule has 1 atom stereocenters. The van der Waals surface area contributed by atoms with E-state index in [1.54, 1.807) is 0 Å². The number of carbonyl (C=O) groups excluding carboxylic acids is 1. The predicted molar refractivity (Wildman–Crippen MR) is 107 cm³/mol. The second-order valence-corrected chi connectivity index (χ2v) is 8.98. The van der Waals surface area contributed by atoms with Crippen LogP contribution >= 0.6 is 0 Å². The van der Waals surface area contributed by atoms with Gasteiger partial charge in [-0.2, -0.15) is 0 Å². The fourth-order valence-corrected chi connectivity index (χ4v) is 4.48. The Bertz CT molecular complexity index is 924. The number of fused-ring (bicyclic) bond motifs is 2. The molecule has 7 heteroatoms. The topological polar surface area (TPSA) is 55.7 Å². The highest BCUT2D eigenvalue weighted by Gasteiger charge is 2.54. The van der Waals surface area contributed by atoms with Crippen molar-refractivity contribution in [1.29, 1.82) is 0 Å². The van der Waals surface area contributed by atoms with Crippen LogP contribution in [0.5, 0.6) is 0 Å². The largest absolute Gasteiger partial charge is 0.496 e. The molecule has 0 radical (unpaired) electrons. The Kier molecular flexibility index (Phi) is 3.67. The molecule has 1 aromatic heterocycles. The number of hydrogen-bond acceptors (Lipinski definition) is 4. The summed E-state index contributed by atoms with van der Waals surface area (Å²) in [5, 5.41) is 3.59. The van der Waals surface area contributed by atoms with Crippen molar-refractivity contribution in [2.24, 2.45) is 0 Å². The second-order valence-electron chi connectivity index (χ2n) is 8.98. The molecule has 3 aliphatic heterocycles. The Morgan fingerprint density at radius 2 is 1.75 bits per heavy atom. The molecule has 1 N–H and O–H groups in total. The average molecular weight is 379 g/mol. The Hall–Kier alpha value is -2.09. The highest BCUT2D eigenvalue weighted by molar-refractivity contribution is 6.62. The van der Waals surface area contributed by atoms with Crippen LogP contribution in [0.2, 0.25) is 0 Å². The zero-order chi connectivity index (χ0) is 19.7. The maximum absolute atomic E-state index is 13.3. The van der Waals surface area contributed by atoms with Crippen molar-refractivity contribution in [3.8, 4) is 0 Å². The molecule has 3 aliphatic rings. The summed E-state index contributed by atoms with van der Waals surface area (Å²) in [7, 11) is -0.466. The first-order chi connectivity index (χ1) is 13.2. The summed E-state index contributed by atoms with van der Waals surface area (Å²) in [6.07, 6.45) is 2.01. The molecular formula is C21H26BN3O3. The summed E-state index contributed by atoms with van der Waals surface area (Å²) in [6.45, 7) is 10.3. The fourth-order valence-electron chi connectivity index (χ4n) is 4.48. The van der Waals surface area contributed by atoms with Gasteiger partial charge in [0.2, 0.25) is 0 Å². The molecule has 1 amide bonds. The van der Waals surface area contributed by atoms with Gasteiger partial charge in [-0.15, -0.1) is 0 Å². The van der Waals surface area contributed by atoms with Gasteiger partial charge in [0.05, 0.1) is 17.7 Å². The molecule has 6 nitrogen and oxygen atoms in total. The average Bonchev–Trinajstić information content (AvgIpc) is 3.31. The van der Waals surface area contributed by atoms with E-state index in [0.717, 1.165) is 17.6 Å². The van der Waals surface area contributed by atoms with Crippen molar-refractivity contribution in [3.63, 3.8) is 0 Å². The van der Waals surface area contributed by atoms with Crippen molar-refractivity contribution in [2.45, 2.75) is 51.1 Å². The number of nitrogens with zero attached hydrogens (tertiary/aromatic N) is 2. The molecule has 2 saturated heterocycles. The molecule has 0 saturated carbocycles. The van der Waals surface area contributed by atoms with Crippen LogP contribution in [0.1, 0.15) is 43.7 Å². The van der Waals surface area contributed by atoms with E-state index >= 15 is 0 Å². The highest BCUT2D eigenvalue weighted by atomic mass is 16.7. The predicted octanol–water partition coefficient (Wildman–Crippen LogP) is 1.70. The van der Waals surface area contributed by atoms with E-state index < -0.39 is 24.0 Å². The molecule has 0 spiro atoms. The summed E-state index contributed by atoms with van der Waals surface area (Å²) in [5.41, 5.74) is 1.38. The Labute approximate surface area is 165 Å². The summed E-state index contributed by atoms with van der Waals surface area (Å²) >= 11 is 0. The maximum atomic E-state index is 13.3. The van der Waals surface area contributed by atoms with Crippen LogP contribution in [0.4, 0.5) is 0 Å². The third kappa shape index (κ3) is 2.36. The van der Waals surface area contributed by atoms with Crippen LogP contribution in [-0.2, 0) is 21.5 Å². The number of aromatic nitrogens is 1. The molecule has 1 unspecified atom stereocenters. The van der Waals surface area contributed by atoms with Gasteiger partial charge in [-0.3, -0.25) is 10.1 Å². The smallest absolute Gasteiger partial charge is 0.399 e. The Morgan fingerprint density at radius 1 is 1.07 bits per heavy atom. The molecule has 0 bridgehead atoms. The van der Waals surface area contributed by atoms with Gasteiger partial charge in [0, 0.05) is 24.7 Å². The first kappa shape index (κ1) is 18.0. The molecule has 2 fully saturated rings. The molecule has 2 aromatic rings. The van der Waals surface area contributed by atoms with E-state index in [-0.39, 0.29) is 5.91 Å². The van der Waals surface area contributed by atoms with Crippen molar-refractivity contribution in [3.05, 3.63) is 53.9 Å². The second kappa shape index (κ2) is 5.72. The van der Waals surface area contributed by atoms with Gasteiger partial charge >= 0.3 is 7.12 Å². The molecule has 28 heavy (non-hydrogen) atoms. The summed E-state index contributed by atoms with van der Waals surface area (Å²) in [5.74, 6) is 0.0443. The van der Waals surface area contributed by atoms with Crippen LogP contribution in [0.25, 0.3) is 0 Å². The zero-order valence-corrected chi connectivity index (χ0v) is 16.9. The number of nitrogens with one attached hydrogen (secondary N) is 1. The van der Waals surface area contributed by atoms with Crippen LogP contribution in [0, 0.1) is 0 Å². The third-order valence-electron chi connectivity index (χ3n) is 6.77. The molecule has 5 rings (SSSR count). The van der Waals surface area contributed by atoms with Gasteiger partial charge in [0.25, 0.3) is 5.91 Å². The zero-order valence-electron chi connectivity index (χ0n) is 16.9. The minimum absolute atomic E-state index is 0.0443. The molecule has 146 valence electrons. The highest BCUT2D eigenvalue weighted by Crippen LogP contribution is 2.38. The van der Waals surface area contributed by atoms with Crippen LogP contribution in [0.3, 0.4) is 0 Å². The van der Waals surface area contributed by atoms with E-state index in [4.69, 9.17) is 9.31 Å². The van der Waals surface area contributed by atoms with Crippen molar-refractivity contribution < 1.29 is 14.1 Å². The number of carbonyl (C=O) groups is 1. The van der Waals surface area contributed by atoms with E-state index in [0.29, 0.717) is 18.8 Å². The quantitative estimate of drug-likeness (QED) is 0.808. The van der Waals surface area contributed by atoms with E-state index in [1.807, 2.05) is 67.6 Å². The van der Waals surface area contributed by atoms with Gasteiger partial charge in [-0.05, 0) is 39.3 Å². The van der Waals surface area contributed by atoms with Gasteiger partial charge in [-0.25, -0.2) is 0 Å². The lowest BCUT2D eigenvalue weighted by Crippen LogP contribution is -2.57. The molecule has 4 heterocycles. The number of hydrogen-bond donors (Lipinski definition) is 1. The van der Waals surface area contributed by atoms with Crippen molar-refractivity contribution in [2.75, 3.05) is 13.1 Å². The minimum atomic E-state index is -0.502. The van der Waals surface area contributed by atoms with E-state index in [2.05, 4.69) is 17.4 Å². The summed E-state index contributed by atoms with van der Waals surface area (Å²) < 4.78 is 14.4. The lowest BCUT2D eigenvalue weighted by atomic mass is 9.81. The van der Waals surface area contributed by atoms with Crippen molar-refractivity contribution >= 4 is 18.5 Å². The molecular weight excluding hydrogens is 353 g/mol. The van der Waals surface area contributed by atoms with E-state index in [1.165, 1.54) is 0 Å². The normalized spacial score (nSPS) is 27.8. The number of rotatable bonds is 2. The van der Waals surface area contributed by atoms with Gasteiger partial charge in [-0.1, -0.05) is 30.3 Å². The first-order valence-corrected chi connectivity index (χ1v) is 9.92. The number of amides is 1. The standard InChI is InChI=1S/C21H26BN3O3/c1-19(2)20(3,4)28-22(27-19)16-12-17-18(26)25-11-10-23-21(25,14-24(17)13-16)15-8-6-5-7-9-15/h5-9,12-13,23H,10-11,14H2,1-4H3. The van der Waals surface area contributed by atoms with Crippen LogP contribution < -0.4 is 10.8 Å². The fraction of sp³-hybridized carbons (Fsp3) is 0.476. The van der Waals surface area contributed by atoms with Gasteiger partial charge in [0.15, 0.2) is 0 Å². The lowest BCUT2D eigenvalue weighted by molar-refractivity contribution is 0.00578. The monoisotopic (exact) mass is 379 g/mol. The first-order valence-electron chi connectivity index (χ1n) is 9.92. The van der Waals surface area contributed by atoms with Gasteiger partial charge in [0.1, 0.15) is 11.4 Å². The molecule has 1 aromatic carbocycles. The van der Waals surface area contributed by atoms with Crippen LogP contribution in [-0.4, -0.2) is 46.8 Å². The summed E-state index contributed by atoms with van der Waals surface area (Å²) in [4.78, 5) is 15.3. The van der Waals surface area contributed by atoms with E-state index in [9.17, 15) is 4.79 Å².